The highest BCUT2D eigenvalue weighted by Crippen LogP contribution is 1.85. The fourth-order valence-electron chi connectivity index (χ4n) is 0. The van der Waals surface area contributed by atoms with Crippen LogP contribution in [0.2, 0.25) is 0 Å². The van der Waals surface area contributed by atoms with Crippen LogP contribution >= 0.6 is 0 Å². The van der Waals surface area contributed by atoms with Gasteiger partial charge in [0.25, 0.3) is 0 Å². The summed E-state index contributed by atoms with van der Waals surface area (Å²) in [6.45, 7) is 1.99. The summed E-state index contributed by atoms with van der Waals surface area (Å²) >= 11 is 0. The average molecular weight is 104 g/mol. The van der Waals surface area contributed by atoms with Crippen LogP contribution in [0.25, 0.3) is 0 Å². The Hall–Kier alpha value is 0.137. The van der Waals surface area contributed by atoms with Crippen molar-refractivity contribution in [1.82, 2.24) is 0 Å². The summed E-state index contributed by atoms with van der Waals surface area (Å²) in [4.78, 5) is 0. The Labute approximate surface area is 41.3 Å². The lowest BCUT2D eigenvalue weighted by Crippen LogP contribution is -2.49. The molecule has 0 aromatic heterocycles. The first-order chi connectivity index (χ1) is 2.56. The molecule has 0 bridgehead atoms. The van der Waals surface area contributed by atoms with Crippen molar-refractivity contribution in [2.24, 2.45) is 11.5 Å². The molecule has 0 radical (unpaired) electrons. The van der Waals surface area contributed by atoms with Crippen LogP contribution in [0.4, 0.5) is 0 Å². The van der Waals surface area contributed by atoms with Crippen LogP contribution in [-0.4, -0.2) is 15.5 Å². The summed E-state index contributed by atoms with van der Waals surface area (Å²) in [5.74, 6) is 0. The Morgan fingerprint density at radius 3 is 1.83 bits per heavy atom. The number of hydrogen-bond acceptors (Lipinski definition) is 2. The number of nitrogens with two attached hydrogens (primary N) is 2. The van der Waals surface area contributed by atoms with E-state index in [0.717, 1.165) is 16.7 Å². The summed E-state index contributed by atoms with van der Waals surface area (Å²) in [6.07, 6.45) is 0.888. The maximum Gasteiger partial charge on any atom is 0.0458 e. The Morgan fingerprint density at radius 1 is 1.67 bits per heavy atom. The second kappa shape index (κ2) is 1.73. The van der Waals surface area contributed by atoms with Gasteiger partial charge in [-0.15, -0.1) is 0 Å². The van der Waals surface area contributed by atoms with Crippen LogP contribution in [0.15, 0.2) is 0 Å². The molecule has 3 heteroatoms. The van der Waals surface area contributed by atoms with E-state index in [1.807, 2.05) is 6.92 Å². The third kappa shape index (κ3) is 4.14. The largest absolute Gasteiger partial charge is 0.317 e. The first-order valence-corrected chi connectivity index (χ1v) is 3.14. The van der Waals surface area contributed by atoms with Crippen LogP contribution < -0.4 is 11.5 Å². The third-order valence-corrected chi connectivity index (χ3v) is 1.47. The van der Waals surface area contributed by atoms with Crippen molar-refractivity contribution < 1.29 is 0 Å². The molecule has 0 unspecified atom stereocenters. The second-order valence-electron chi connectivity index (χ2n) is 1.86. The van der Waals surface area contributed by atoms with E-state index >= 15 is 0 Å². The van der Waals surface area contributed by atoms with Gasteiger partial charge >= 0.3 is 0 Å². The maximum atomic E-state index is 5.37. The molecule has 0 saturated carbocycles. The molecule has 38 valence electrons. The molecule has 0 amide bonds. The van der Waals surface area contributed by atoms with E-state index in [2.05, 4.69) is 0 Å². The maximum absolute atomic E-state index is 5.37. The summed E-state index contributed by atoms with van der Waals surface area (Å²) in [7, 11) is 0.884. The molecule has 6 heavy (non-hydrogen) atoms. The van der Waals surface area contributed by atoms with Gasteiger partial charge < -0.3 is 11.5 Å². The molecule has 0 fully saturated rings. The van der Waals surface area contributed by atoms with Crippen molar-refractivity contribution in [3.05, 3.63) is 0 Å². The van der Waals surface area contributed by atoms with Crippen LogP contribution in [0.1, 0.15) is 13.3 Å². The Balaban J connectivity index is 3.17. The first kappa shape index (κ1) is 6.14. The molecule has 0 aliphatic rings. The molecule has 0 aliphatic heterocycles. The lowest BCUT2D eigenvalue weighted by molar-refractivity contribution is 0.604. The minimum absolute atomic E-state index is 0.319. The van der Waals surface area contributed by atoms with Crippen molar-refractivity contribution in [3.8, 4) is 0 Å². The van der Waals surface area contributed by atoms with Crippen LogP contribution in [-0.2, 0) is 0 Å². The minimum atomic E-state index is -0.319. The fraction of sp³-hybridized carbons (Fsp3) is 1.00. The Morgan fingerprint density at radius 2 is 1.83 bits per heavy atom. The summed E-state index contributed by atoms with van der Waals surface area (Å²) in [5, 5.41) is -0.319. The highest BCUT2D eigenvalue weighted by atomic mass is 28.1. The molecule has 0 aliphatic carbocycles. The zero-order valence-corrected chi connectivity index (χ0v) is 6.36. The van der Waals surface area contributed by atoms with E-state index in [4.69, 9.17) is 11.5 Å². The molecule has 0 rings (SSSR count). The normalized spacial score (nSPS) is 12.5. The van der Waals surface area contributed by atoms with Gasteiger partial charge in [-0.1, -0.05) is 6.92 Å². The molecule has 0 aromatic rings. The van der Waals surface area contributed by atoms with Gasteiger partial charge in [0.15, 0.2) is 0 Å². The highest BCUT2D eigenvalue weighted by Gasteiger charge is 2.03. The lowest BCUT2D eigenvalue weighted by atomic mass is 10.4. The average Bonchev–Trinajstić information content (AvgIpc) is 1.35. The van der Waals surface area contributed by atoms with Crippen molar-refractivity contribution in [2.75, 3.05) is 0 Å². The molecule has 0 saturated heterocycles. The molecular formula is C3H12N2Si. The SMILES string of the molecule is CCC(N)(N)[SiH3]. The molecular weight excluding hydrogens is 92.1 g/mol. The molecule has 0 heterocycles. The molecule has 4 N–H and O–H groups in total. The van der Waals surface area contributed by atoms with Crippen LogP contribution in [0, 0.1) is 0 Å². The van der Waals surface area contributed by atoms with E-state index in [-0.39, 0.29) is 5.29 Å². The van der Waals surface area contributed by atoms with Crippen molar-refractivity contribution in [2.45, 2.75) is 18.6 Å². The van der Waals surface area contributed by atoms with Crippen molar-refractivity contribution in [1.29, 1.82) is 0 Å². The van der Waals surface area contributed by atoms with Gasteiger partial charge in [0.05, 0.1) is 0 Å². The van der Waals surface area contributed by atoms with Gasteiger partial charge in [-0.05, 0) is 6.42 Å². The number of hydrogen-bond donors (Lipinski definition) is 2. The first-order valence-electron chi connectivity index (χ1n) is 2.14. The van der Waals surface area contributed by atoms with Crippen LogP contribution in [0.5, 0.6) is 0 Å². The molecule has 0 spiro atoms. The molecule has 0 atom stereocenters. The van der Waals surface area contributed by atoms with Gasteiger partial charge in [0.1, 0.15) is 0 Å². The fourth-order valence-corrected chi connectivity index (χ4v) is 0. The Kier molecular flexibility index (Phi) is 1.77. The van der Waals surface area contributed by atoms with Gasteiger partial charge in [0, 0.05) is 15.5 Å². The summed E-state index contributed by atoms with van der Waals surface area (Å²) < 4.78 is 0. The third-order valence-electron chi connectivity index (χ3n) is 0.762. The van der Waals surface area contributed by atoms with Crippen molar-refractivity contribution in [3.63, 3.8) is 0 Å². The quantitative estimate of drug-likeness (QED) is 0.309. The Bertz CT molecular complexity index is 38.5. The van der Waals surface area contributed by atoms with Crippen molar-refractivity contribution >= 4 is 10.2 Å². The summed E-state index contributed by atoms with van der Waals surface area (Å²) in [5.41, 5.74) is 10.7. The van der Waals surface area contributed by atoms with E-state index in [9.17, 15) is 0 Å². The van der Waals surface area contributed by atoms with E-state index in [1.54, 1.807) is 0 Å². The predicted molar refractivity (Wildman–Crippen MR) is 31.3 cm³/mol. The standard InChI is InChI=1S/C3H12N2Si/c1-2-3(4,5)6/h2,4-5H2,1,6H3. The van der Waals surface area contributed by atoms with Gasteiger partial charge in [-0.25, -0.2) is 0 Å². The smallest absolute Gasteiger partial charge is 0.0458 e. The van der Waals surface area contributed by atoms with E-state index in [1.165, 1.54) is 0 Å². The minimum Gasteiger partial charge on any atom is -0.317 e. The van der Waals surface area contributed by atoms with Gasteiger partial charge in [0.2, 0.25) is 0 Å². The predicted octanol–water partition coefficient (Wildman–Crippen LogP) is -1.67. The monoisotopic (exact) mass is 104 g/mol. The molecule has 0 aromatic carbocycles. The lowest BCUT2D eigenvalue weighted by Gasteiger charge is -2.13. The summed E-state index contributed by atoms with van der Waals surface area (Å²) in [6, 6.07) is 0. The van der Waals surface area contributed by atoms with Gasteiger partial charge in [-0.2, -0.15) is 0 Å². The number of rotatable bonds is 1. The van der Waals surface area contributed by atoms with E-state index in [0.29, 0.717) is 0 Å². The molecule has 2 nitrogen and oxygen atoms in total. The zero-order chi connectivity index (χ0) is 5.21. The van der Waals surface area contributed by atoms with Crippen LogP contribution in [0.3, 0.4) is 0 Å². The highest BCUT2D eigenvalue weighted by molar-refractivity contribution is 6.14. The van der Waals surface area contributed by atoms with Gasteiger partial charge in [-0.3, -0.25) is 0 Å². The topological polar surface area (TPSA) is 52.0 Å². The zero-order valence-electron chi connectivity index (χ0n) is 4.36. The van der Waals surface area contributed by atoms with E-state index < -0.39 is 0 Å². The second-order valence-corrected chi connectivity index (χ2v) is 3.72.